The van der Waals surface area contributed by atoms with Crippen LogP contribution in [0, 0.1) is 26.7 Å². The van der Waals surface area contributed by atoms with Crippen LogP contribution >= 0.6 is 24.8 Å². The zero-order valence-electron chi connectivity index (χ0n) is 51.7. The van der Waals surface area contributed by atoms with Crippen molar-refractivity contribution in [2.24, 2.45) is 11.8 Å². The number of rotatable bonds is 8. The summed E-state index contributed by atoms with van der Waals surface area (Å²) in [6.07, 6.45) is 19.3. The van der Waals surface area contributed by atoms with Gasteiger partial charge in [0, 0.05) is 0 Å². The molecule has 0 atom stereocenters. The van der Waals surface area contributed by atoms with Crippen LogP contribution in [0.2, 0.25) is 0 Å². The minimum absolute atomic E-state index is 0. The van der Waals surface area contributed by atoms with Crippen LogP contribution in [0.1, 0.15) is 194 Å². The van der Waals surface area contributed by atoms with Gasteiger partial charge in [-0.3, -0.25) is 0 Å². The van der Waals surface area contributed by atoms with Gasteiger partial charge in [0.25, 0.3) is 0 Å². The molecule has 0 N–H and O–H groups in total. The Morgan fingerprint density at radius 1 is 0.350 bits per heavy atom. The molecule has 2 aliphatic carbocycles. The van der Waals surface area contributed by atoms with E-state index in [1.54, 1.807) is 0 Å². The topological polar surface area (TPSA) is 0 Å². The summed E-state index contributed by atoms with van der Waals surface area (Å²) in [5.41, 5.74) is 20.0. The third-order valence-electron chi connectivity index (χ3n) is 17.1. The number of benzene rings is 6. The Balaban J connectivity index is 0.000000319. The third kappa shape index (κ3) is 17.2. The maximum absolute atomic E-state index is 3.06. The molecule has 2 aliphatic rings. The van der Waals surface area contributed by atoms with Crippen LogP contribution in [-0.4, -0.2) is 6.88 Å². The molecular formula is C76H98Cl2SiZr-4. The molecule has 80 heavy (non-hydrogen) atoms. The minimum atomic E-state index is 0. The number of fused-ring (bicyclic) bond motifs is 2. The van der Waals surface area contributed by atoms with Gasteiger partial charge >= 0.3 is 30.2 Å². The van der Waals surface area contributed by atoms with Gasteiger partial charge in [-0.15, -0.1) is 69.6 Å². The Kier molecular flexibility index (Phi) is 25.5. The fraction of sp³-hybridized carbons (Fsp3) is 0.421. The molecule has 0 amide bonds. The van der Waals surface area contributed by atoms with Gasteiger partial charge in [-0.1, -0.05) is 315 Å². The summed E-state index contributed by atoms with van der Waals surface area (Å²) >= 11 is 1.36. The van der Waals surface area contributed by atoms with Crippen LogP contribution in [0.4, 0.5) is 0 Å². The van der Waals surface area contributed by atoms with E-state index in [9.17, 15) is 0 Å². The normalized spacial score (nSPS) is 14.6. The van der Waals surface area contributed by atoms with E-state index < -0.39 is 0 Å². The molecule has 2 fully saturated rings. The van der Waals surface area contributed by atoms with E-state index in [4.69, 9.17) is 0 Å². The van der Waals surface area contributed by atoms with Crippen molar-refractivity contribution < 1.29 is 23.3 Å². The van der Waals surface area contributed by atoms with Crippen LogP contribution < -0.4 is 0 Å². The summed E-state index contributed by atoms with van der Waals surface area (Å²) in [7, 11) is 0. The van der Waals surface area contributed by atoms with Crippen molar-refractivity contribution in [2.75, 3.05) is 0 Å². The zero-order chi connectivity index (χ0) is 54.4. The molecule has 0 nitrogen and oxygen atoms in total. The average molecular weight is 1200 g/mol. The molecule has 428 valence electrons. The fourth-order valence-electron chi connectivity index (χ4n) is 12.4. The van der Waals surface area contributed by atoms with E-state index in [2.05, 4.69) is 236 Å². The van der Waals surface area contributed by atoms with Gasteiger partial charge in [0.05, 0.1) is 0 Å². The first-order valence-electron chi connectivity index (χ1n) is 29.3. The molecule has 2 radical (unpaired) electrons. The number of hydrogen-bond donors (Lipinski definition) is 0. The Morgan fingerprint density at radius 3 is 0.812 bits per heavy atom. The van der Waals surface area contributed by atoms with E-state index in [0.29, 0.717) is 0 Å². The van der Waals surface area contributed by atoms with Gasteiger partial charge in [0.2, 0.25) is 0 Å². The molecule has 0 heterocycles. The Bertz CT molecular complexity index is 2720. The van der Waals surface area contributed by atoms with E-state index >= 15 is 0 Å². The summed E-state index contributed by atoms with van der Waals surface area (Å²) in [6.45, 7) is 30.5. The monoisotopic (exact) mass is 1200 g/mol. The number of halogens is 2. The summed E-state index contributed by atoms with van der Waals surface area (Å²) in [6, 6.07) is 56.6. The van der Waals surface area contributed by atoms with E-state index in [1.165, 1.54) is 213 Å². The van der Waals surface area contributed by atoms with Crippen molar-refractivity contribution >= 4 is 53.2 Å². The second kappa shape index (κ2) is 29.6. The van der Waals surface area contributed by atoms with Crippen molar-refractivity contribution in [3.63, 3.8) is 0 Å². The van der Waals surface area contributed by atoms with Gasteiger partial charge in [0.1, 0.15) is 0 Å². The first-order chi connectivity index (χ1) is 36.2. The van der Waals surface area contributed by atoms with Gasteiger partial charge < -0.3 is 14.9 Å². The summed E-state index contributed by atoms with van der Waals surface area (Å²) in [4.78, 5) is 0. The third-order valence-corrected chi connectivity index (χ3v) is 17.1. The molecular weight excluding hydrogens is 1100 g/mol. The van der Waals surface area contributed by atoms with Gasteiger partial charge in [-0.2, -0.15) is 12.1 Å². The molecule has 2 saturated carbocycles. The van der Waals surface area contributed by atoms with Gasteiger partial charge in [0.15, 0.2) is 0 Å². The van der Waals surface area contributed by atoms with E-state index in [-0.39, 0.29) is 61.3 Å². The van der Waals surface area contributed by atoms with Crippen LogP contribution in [0.15, 0.2) is 146 Å². The first kappa shape index (κ1) is 68.7. The maximum atomic E-state index is 3.06. The van der Waals surface area contributed by atoms with Crippen molar-refractivity contribution in [3.8, 4) is 44.5 Å². The summed E-state index contributed by atoms with van der Waals surface area (Å²) < 4.78 is 0. The molecule has 0 aliphatic heterocycles. The molecule has 4 heteroatoms. The van der Waals surface area contributed by atoms with Crippen LogP contribution in [0.5, 0.6) is 0 Å². The summed E-state index contributed by atoms with van der Waals surface area (Å²) in [5, 5.41) is 5.63. The van der Waals surface area contributed by atoms with Crippen LogP contribution in [0.25, 0.3) is 66.1 Å². The van der Waals surface area contributed by atoms with Crippen molar-refractivity contribution in [1.29, 1.82) is 0 Å². The molecule has 0 unspecified atom stereocenters. The molecule has 0 bridgehead atoms. The fourth-order valence-corrected chi connectivity index (χ4v) is 12.4. The number of hydrogen-bond acceptors (Lipinski definition) is 0. The quantitative estimate of drug-likeness (QED) is 0.0808. The standard InChI is InChI=1S/2C37H45.2CH3.2ClH.Si.Zr/c2*1-36(2,3)30-17-13-28(14-18-30)32-21-22-33(29-15-19-31(20-16-29)37(4,5)6)35-25-27(24-34(32)35)23-26-11-9-7-8-10-12-26;;;;;;/h2*13-22,24-26H,7-12,23H2,1-6H3;2*1H3;2*1H;;/q4*-1;;;;. The predicted molar refractivity (Wildman–Crippen MR) is 358 cm³/mol. The van der Waals surface area contributed by atoms with Gasteiger partial charge in [-0.05, 0) is 79.7 Å². The summed E-state index contributed by atoms with van der Waals surface area (Å²) in [5.74, 6) is 1.67. The molecule has 0 saturated heterocycles. The molecule has 0 aromatic heterocycles. The second-order valence-electron chi connectivity index (χ2n) is 27.1. The van der Waals surface area contributed by atoms with Crippen molar-refractivity contribution in [1.82, 2.24) is 0 Å². The average Bonchev–Trinajstić information content (AvgIpc) is 3.80. The van der Waals surface area contributed by atoms with Crippen LogP contribution in [0.3, 0.4) is 0 Å². The van der Waals surface area contributed by atoms with E-state index in [0.717, 1.165) is 11.8 Å². The van der Waals surface area contributed by atoms with Gasteiger partial charge in [-0.25, -0.2) is 0 Å². The Labute approximate surface area is 517 Å². The Morgan fingerprint density at radius 2 is 0.575 bits per heavy atom. The molecule has 8 aromatic carbocycles. The Hall–Kier alpha value is -3.78. The zero-order valence-corrected chi connectivity index (χ0v) is 56.8. The molecule has 0 spiro atoms. The van der Waals surface area contributed by atoms with E-state index in [1.807, 2.05) is 0 Å². The van der Waals surface area contributed by atoms with Crippen molar-refractivity contribution in [3.05, 3.63) is 194 Å². The van der Waals surface area contributed by atoms with Crippen molar-refractivity contribution in [2.45, 2.75) is 195 Å². The molecule has 8 aromatic rings. The predicted octanol–water partition coefficient (Wildman–Crippen LogP) is 23.4. The SMILES string of the molecule is CC(C)(C)c1ccc(-c2ccc(-c3ccc(C(C)(C)C)cc3)c3[cH-]c(CC4CCCCCC4)cc23)cc1.CC(C)(C)c1ccc(-c2ccc(-c3ccc(C(C)(C)C)cc3)c3[cH-]c(CC4CCCCCC4)cc23)cc1.Cl.Cl.[CH3-].[CH3-].[Si]=[Zr]. The molecule has 10 rings (SSSR count). The first-order valence-corrected chi connectivity index (χ1v) is 33.5. The van der Waals surface area contributed by atoms with Crippen LogP contribution in [-0.2, 0) is 57.8 Å². The second-order valence-corrected chi connectivity index (χ2v) is 27.1.